The van der Waals surface area contributed by atoms with Crippen LogP contribution in [0, 0.1) is 0 Å². The third-order valence-electron chi connectivity index (χ3n) is 2.23. The molecule has 1 heterocycles. The molecule has 15 heavy (non-hydrogen) atoms. The number of fused-ring (bicyclic) bond motifs is 1. The summed E-state index contributed by atoms with van der Waals surface area (Å²) in [5.41, 5.74) is 0.748. The molecule has 0 aliphatic rings. The molecular formula is C12H12O3. The normalized spacial score (nSPS) is 10.7. The van der Waals surface area contributed by atoms with E-state index in [1.165, 1.54) is 0 Å². The maximum atomic E-state index is 11.6. The number of ether oxygens (including phenoxy) is 1. The second-order valence-electron chi connectivity index (χ2n) is 3.31. The highest BCUT2D eigenvalue weighted by atomic mass is 16.5. The van der Waals surface area contributed by atoms with Gasteiger partial charge < -0.3 is 9.15 Å². The largest absolute Gasteiger partial charge is 0.453 e. The predicted octanol–water partition coefficient (Wildman–Crippen LogP) is 2.65. The van der Waals surface area contributed by atoms with Crippen LogP contribution >= 0.6 is 0 Å². The number of furan rings is 1. The molecule has 0 saturated carbocycles. The Bertz CT molecular complexity index is 437. The maximum absolute atomic E-state index is 11.6. The molecule has 0 atom stereocenters. The van der Waals surface area contributed by atoms with Crippen molar-refractivity contribution < 1.29 is 13.9 Å². The van der Waals surface area contributed by atoms with Gasteiger partial charge in [-0.25, -0.2) is 0 Å². The zero-order chi connectivity index (χ0) is 10.7. The van der Waals surface area contributed by atoms with Crippen molar-refractivity contribution in [2.75, 3.05) is 13.7 Å². The van der Waals surface area contributed by atoms with Gasteiger partial charge in [-0.3, -0.25) is 4.79 Å². The zero-order valence-corrected chi connectivity index (χ0v) is 8.53. The van der Waals surface area contributed by atoms with Gasteiger partial charge in [0.05, 0.1) is 6.61 Å². The van der Waals surface area contributed by atoms with Crippen LogP contribution in [-0.2, 0) is 4.74 Å². The van der Waals surface area contributed by atoms with E-state index >= 15 is 0 Å². The Morgan fingerprint density at radius 1 is 1.40 bits per heavy atom. The molecule has 0 unspecified atom stereocenters. The molecule has 1 aromatic carbocycles. The van der Waals surface area contributed by atoms with Crippen molar-refractivity contribution in [2.45, 2.75) is 6.42 Å². The number of hydrogen-bond donors (Lipinski definition) is 0. The van der Waals surface area contributed by atoms with Crippen LogP contribution in [0.15, 0.2) is 34.7 Å². The lowest BCUT2D eigenvalue weighted by atomic mass is 10.2. The van der Waals surface area contributed by atoms with Crippen molar-refractivity contribution in [3.05, 3.63) is 36.1 Å². The third kappa shape index (κ3) is 2.07. The van der Waals surface area contributed by atoms with Crippen LogP contribution in [0.1, 0.15) is 17.0 Å². The van der Waals surface area contributed by atoms with Gasteiger partial charge in [0.15, 0.2) is 11.5 Å². The monoisotopic (exact) mass is 204 g/mol. The number of para-hydroxylation sites is 1. The van der Waals surface area contributed by atoms with Crippen molar-refractivity contribution in [1.82, 2.24) is 0 Å². The summed E-state index contributed by atoms with van der Waals surface area (Å²) in [5, 5.41) is 0.957. The molecule has 0 fully saturated rings. The predicted molar refractivity (Wildman–Crippen MR) is 57.0 cm³/mol. The summed E-state index contributed by atoms with van der Waals surface area (Å²) < 4.78 is 10.3. The van der Waals surface area contributed by atoms with Gasteiger partial charge in [0, 0.05) is 18.9 Å². The number of benzene rings is 1. The molecule has 3 heteroatoms. The molecule has 2 rings (SSSR count). The third-order valence-corrected chi connectivity index (χ3v) is 2.23. The van der Waals surface area contributed by atoms with Gasteiger partial charge >= 0.3 is 0 Å². The van der Waals surface area contributed by atoms with Crippen molar-refractivity contribution >= 4 is 16.8 Å². The molecule has 0 N–H and O–H groups in total. The molecule has 0 aliphatic heterocycles. The number of rotatable bonds is 4. The Labute approximate surface area is 87.6 Å². The minimum atomic E-state index is -0.0203. The van der Waals surface area contributed by atoms with Gasteiger partial charge in [-0.2, -0.15) is 0 Å². The topological polar surface area (TPSA) is 39.4 Å². The van der Waals surface area contributed by atoms with E-state index in [1.54, 1.807) is 13.2 Å². The van der Waals surface area contributed by atoms with Crippen LogP contribution in [-0.4, -0.2) is 19.5 Å². The highest BCUT2D eigenvalue weighted by Gasteiger charge is 2.11. The first kappa shape index (κ1) is 9.93. The SMILES string of the molecule is COCCC(=O)c1cc2ccccc2o1. The maximum Gasteiger partial charge on any atom is 0.200 e. The Hall–Kier alpha value is -1.61. The first-order valence-electron chi connectivity index (χ1n) is 4.82. The van der Waals surface area contributed by atoms with Crippen LogP contribution in [0.3, 0.4) is 0 Å². The van der Waals surface area contributed by atoms with Gasteiger partial charge in [0.25, 0.3) is 0 Å². The summed E-state index contributed by atoms with van der Waals surface area (Å²) in [7, 11) is 1.58. The molecular weight excluding hydrogens is 192 g/mol. The van der Waals surface area contributed by atoms with E-state index in [-0.39, 0.29) is 5.78 Å². The summed E-state index contributed by atoms with van der Waals surface area (Å²) in [6.07, 6.45) is 0.357. The summed E-state index contributed by atoms with van der Waals surface area (Å²) >= 11 is 0. The fraction of sp³-hybridized carbons (Fsp3) is 0.250. The van der Waals surface area contributed by atoms with E-state index in [1.807, 2.05) is 24.3 Å². The van der Waals surface area contributed by atoms with Crippen LogP contribution < -0.4 is 0 Å². The molecule has 78 valence electrons. The first-order chi connectivity index (χ1) is 7.31. The smallest absolute Gasteiger partial charge is 0.200 e. The Balaban J connectivity index is 2.25. The van der Waals surface area contributed by atoms with E-state index in [2.05, 4.69) is 0 Å². The second-order valence-corrected chi connectivity index (χ2v) is 3.31. The zero-order valence-electron chi connectivity index (χ0n) is 8.53. The molecule has 3 nitrogen and oxygen atoms in total. The van der Waals surface area contributed by atoms with E-state index in [0.717, 1.165) is 11.0 Å². The van der Waals surface area contributed by atoms with Crippen molar-refractivity contribution in [2.24, 2.45) is 0 Å². The molecule has 0 radical (unpaired) electrons. The summed E-state index contributed by atoms with van der Waals surface area (Å²) in [6.45, 7) is 0.426. The van der Waals surface area contributed by atoms with E-state index in [0.29, 0.717) is 18.8 Å². The molecule has 0 amide bonds. The first-order valence-corrected chi connectivity index (χ1v) is 4.82. The van der Waals surface area contributed by atoms with Crippen LogP contribution in [0.4, 0.5) is 0 Å². The van der Waals surface area contributed by atoms with Crippen molar-refractivity contribution in [3.8, 4) is 0 Å². The number of Topliss-reactive ketones (excluding diaryl/α,β-unsaturated/α-hetero) is 1. The standard InChI is InChI=1S/C12H12O3/c1-14-7-6-10(13)12-8-9-4-2-3-5-11(9)15-12/h2-5,8H,6-7H2,1H3. The summed E-state index contributed by atoms with van der Waals surface area (Å²) in [4.78, 5) is 11.6. The number of methoxy groups -OCH3 is 1. The Morgan fingerprint density at radius 3 is 2.93 bits per heavy atom. The van der Waals surface area contributed by atoms with Crippen LogP contribution in [0.25, 0.3) is 11.0 Å². The van der Waals surface area contributed by atoms with Gasteiger partial charge in [0.1, 0.15) is 5.58 Å². The molecule has 2 aromatic rings. The molecule has 0 aliphatic carbocycles. The van der Waals surface area contributed by atoms with Gasteiger partial charge in [-0.1, -0.05) is 18.2 Å². The number of carbonyl (C=O) groups excluding carboxylic acids is 1. The summed E-state index contributed by atoms with van der Waals surface area (Å²) in [6, 6.07) is 9.35. The molecule has 1 aromatic heterocycles. The minimum absolute atomic E-state index is 0.0203. The van der Waals surface area contributed by atoms with Crippen molar-refractivity contribution in [3.63, 3.8) is 0 Å². The number of ketones is 1. The lowest BCUT2D eigenvalue weighted by Gasteiger charge is -1.94. The lowest BCUT2D eigenvalue weighted by molar-refractivity contribution is 0.0907. The molecule has 0 spiro atoms. The minimum Gasteiger partial charge on any atom is -0.453 e. The van der Waals surface area contributed by atoms with E-state index < -0.39 is 0 Å². The fourth-order valence-electron chi connectivity index (χ4n) is 1.44. The Kier molecular flexibility index (Phi) is 2.83. The van der Waals surface area contributed by atoms with E-state index in [9.17, 15) is 4.79 Å². The van der Waals surface area contributed by atoms with Crippen LogP contribution in [0.2, 0.25) is 0 Å². The van der Waals surface area contributed by atoms with Gasteiger partial charge in [-0.15, -0.1) is 0 Å². The van der Waals surface area contributed by atoms with Crippen molar-refractivity contribution in [1.29, 1.82) is 0 Å². The van der Waals surface area contributed by atoms with E-state index in [4.69, 9.17) is 9.15 Å². The highest BCUT2D eigenvalue weighted by molar-refractivity contribution is 5.97. The lowest BCUT2D eigenvalue weighted by Crippen LogP contribution is -2.01. The number of hydrogen-bond acceptors (Lipinski definition) is 3. The van der Waals surface area contributed by atoms with Gasteiger partial charge in [-0.05, 0) is 12.1 Å². The average molecular weight is 204 g/mol. The molecule has 0 saturated heterocycles. The van der Waals surface area contributed by atoms with Crippen LogP contribution in [0.5, 0.6) is 0 Å². The fourth-order valence-corrected chi connectivity index (χ4v) is 1.44. The quantitative estimate of drug-likeness (QED) is 0.719. The number of carbonyl (C=O) groups is 1. The summed E-state index contributed by atoms with van der Waals surface area (Å²) in [5.74, 6) is 0.390. The highest BCUT2D eigenvalue weighted by Crippen LogP contribution is 2.19. The second kappa shape index (κ2) is 4.28. The Morgan fingerprint density at radius 2 is 2.20 bits per heavy atom. The molecule has 0 bridgehead atoms. The van der Waals surface area contributed by atoms with Gasteiger partial charge in [0.2, 0.25) is 0 Å². The average Bonchev–Trinajstić information content (AvgIpc) is 2.69.